The highest BCUT2D eigenvalue weighted by molar-refractivity contribution is 6.40. The van der Waals surface area contributed by atoms with Crippen LogP contribution in [0.4, 0.5) is 5.69 Å². The van der Waals surface area contributed by atoms with E-state index < -0.39 is 11.9 Å². The number of hydrogen-bond donors (Lipinski definition) is 2. The van der Waals surface area contributed by atoms with E-state index in [2.05, 4.69) is 10.4 Å². The van der Waals surface area contributed by atoms with Crippen molar-refractivity contribution in [2.75, 3.05) is 5.32 Å². The lowest BCUT2D eigenvalue weighted by atomic mass is 10.2. The largest absolute Gasteiger partial charge is 0.474 e. The van der Waals surface area contributed by atoms with E-state index in [1.807, 2.05) is 0 Å². The van der Waals surface area contributed by atoms with Crippen LogP contribution in [-0.2, 0) is 16.6 Å². The van der Waals surface area contributed by atoms with Gasteiger partial charge in [-0.1, -0.05) is 23.2 Å². The first-order valence-electron chi connectivity index (χ1n) is 6.44. The molecule has 0 atom stereocenters. The number of hydrogen-bond acceptors (Lipinski definition) is 5. The molecule has 0 aliphatic heterocycles. The highest BCUT2D eigenvalue weighted by atomic mass is 35.5. The molecule has 0 saturated heterocycles. The number of carboxylic acids is 1. The number of carboxylic acid groups (broad SMARTS) is 1. The molecule has 8 nitrogen and oxygen atoms in total. The summed E-state index contributed by atoms with van der Waals surface area (Å²) in [6, 6.07) is 2.53. The SMILES string of the molecule is Cc1nn(C)c(Oc2cc(NC(=O)C(=O)O)c(Cl)cc2Cl)c1C=O. The topological polar surface area (TPSA) is 111 Å². The summed E-state index contributed by atoms with van der Waals surface area (Å²) in [4.78, 5) is 33.1. The Morgan fingerprint density at radius 3 is 2.58 bits per heavy atom. The van der Waals surface area contributed by atoms with E-state index in [9.17, 15) is 14.4 Å². The van der Waals surface area contributed by atoms with Gasteiger partial charge >= 0.3 is 11.9 Å². The minimum absolute atomic E-state index is 0.00462. The molecule has 1 aromatic heterocycles. The molecule has 126 valence electrons. The minimum Gasteiger partial charge on any atom is -0.474 e. The summed E-state index contributed by atoms with van der Waals surface area (Å²) in [7, 11) is 1.58. The van der Waals surface area contributed by atoms with Gasteiger partial charge in [-0.15, -0.1) is 0 Å². The van der Waals surface area contributed by atoms with Crippen molar-refractivity contribution in [3.63, 3.8) is 0 Å². The molecular formula is C14H11Cl2N3O5. The smallest absolute Gasteiger partial charge is 0.394 e. The van der Waals surface area contributed by atoms with Crippen LogP contribution < -0.4 is 10.1 Å². The Hall–Kier alpha value is -2.58. The van der Waals surface area contributed by atoms with Gasteiger partial charge in [0, 0.05) is 13.1 Å². The third-order valence-electron chi connectivity index (χ3n) is 3.00. The van der Waals surface area contributed by atoms with E-state index in [1.54, 1.807) is 14.0 Å². The van der Waals surface area contributed by atoms with Gasteiger partial charge in [0.1, 0.15) is 5.75 Å². The summed E-state index contributed by atoms with van der Waals surface area (Å²) in [5.41, 5.74) is 0.696. The molecule has 0 aliphatic rings. The zero-order valence-corrected chi connectivity index (χ0v) is 14.0. The van der Waals surface area contributed by atoms with Gasteiger partial charge < -0.3 is 15.2 Å². The molecule has 0 unspecified atom stereocenters. The fraction of sp³-hybridized carbons (Fsp3) is 0.143. The number of amides is 1. The zero-order chi connectivity index (χ0) is 18.0. The van der Waals surface area contributed by atoms with Gasteiger partial charge in [-0.05, 0) is 13.0 Å². The second-order valence-corrected chi connectivity index (χ2v) is 5.48. The average Bonchev–Trinajstić information content (AvgIpc) is 2.77. The number of carbonyl (C=O) groups is 3. The van der Waals surface area contributed by atoms with Crippen LogP contribution in [0.1, 0.15) is 16.1 Å². The first kappa shape index (κ1) is 17.8. The monoisotopic (exact) mass is 371 g/mol. The van der Waals surface area contributed by atoms with Crippen LogP contribution in [0.25, 0.3) is 0 Å². The normalized spacial score (nSPS) is 10.3. The Morgan fingerprint density at radius 2 is 2.00 bits per heavy atom. The summed E-state index contributed by atoms with van der Waals surface area (Å²) in [5, 5.41) is 14.9. The first-order chi connectivity index (χ1) is 11.2. The van der Waals surface area contributed by atoms with Crippen molar-refractivity contribution in [1.29, 1.82) is 0 Å². The molecule has 0 fully saturated rings. The number of ether oxygens (including phenoxy) is 1. The molecule has 0 spiro atoms. The molecule has 2 N–H and O–H groups in total. The number of anilines is 1. The van der Waals surface area contributed by atoms with Crippen molar-refractivity contribution >= 4 is 47.1 Å². The van der Waals surface area contributed by atoms with E-state index in [-0.39, 0.29) is 32.9 Å². The Bertz CT molecular complexity index is 847. The summed E-state index contributed by atoms with van der Waals surface area (Å²) < 4.78 is 6.95. The van der Waals surface area contributed by atoms with Gasteiger partial charge in [0.05, 0.1) is 27.0 Å². The first-order valence-corrected chi connectivity index (χ1v) is 7.20. The van der Waals surface area contributed by atoms with Crippen LogP contribution in [0.3, 0.4) is 0 Å². The predicted molar refractivity (Wildman–Crippen MR) is 86.1 cm³/mol. The predicted octanol–water partition coefficient (Wildman–Crippen LogP) is 2.66. The van der Waals surface area contributed by atoms with Crippen molar-refractivity contribution in [2.24, 2.45) is 7.05 Å². The molecule has 0 aliphatic carbocycles. The molecule has 0 radical (unpaired) electrons. The maximum atomic E-state index is 11.3. The molecule has 10 heteroatoms. The van der Waals surface area contributed by atoms with Crippen LogP contribution in [-0.4, -0.2) is 33.0 Å². The van der Waals surface area contributed by atoms with Gasteiger partial charge in [-0.3, -0.25) is 9.59 Å². The molecule has 1 amide bonds. The molecule has 1 aromatic carbocycles. The fourth-order valence-corrected chi connectivity index (χ4v) is 2.36. The summed E-state index contributed by atoms with van der Waals surface area (Å²) in [5.74, 6) is -2.74. The number of benzene rings is 1. The second kappa shape index (κ2) is 6.90. The van der Waals surface area contributed by atoms with Gasteiger partial charge in [0.25, 0.3) is 0 Å². The lowest BCUT2D eigenvalue weighted by Crippen LogP contribution is -2.22. The van der Waals surface area contributed by atoms with E-state index in [1.165, 1.54) is 16.8 Å². The Balaban J connectivity index is 2.43. The Labute approximate surface area is 145 Å². The van der Waals surface area contributed by atoms with Crippen LogP contribution in [0.5, 0.6) is 11.6 Å². The molecule has 1 heterocycles. The molecule has 2 aromatic rings. The number of carbonyl (C=O) groups excluding carboxylic acids is 2. The van der Waals surface area contributed by atoms with Crippen LogP contribution >= 0.6 is 23.2 Å². The van der Waals surface area contributed by atoms with E-state index in [4.69, 9.17) is 33.0 Å². The summed E-state index contributed by atoms with van der Waals surface area (Å²) in [6.07, 6.45) is 0.592. The average molecular weight is 372 g/mol. The van der Waals surface area contributed by atoms with Crippen LogP contribution in [0.15, 0.2) is 12.1 Å². The van der Waals surface area contributed by atoms with Crippen LogP contribution in [0, 0.1) is 6.92 Å². The quantitative estimate of drug-likeness (QED) is 0.631. The number of nitrogens with zero attached hydrogens (tertiary/aromatic N) is 2. The Kier molecular flexibility index (Phi) is 5.10. The number of aromatic nitrogens is 2. The molecular weight excluding hydrogens is 361 g/mol. The standard InChI is InChI=1S/C14H11Cl2N3O5/c1-6-7(5-20)13(19(2)18-6)24-11-4-10(8(15)3-9(11)16)17-12(21)14(22)23/h3-5H,1-2H3,(H,17,21)(H,22,23). The number of rotatable bonds is 4. The van der Waals surface area contributed by atoms with Crippen molar-refractivity contribution in [1.82, 2.24) is 9.78 Å². The molecule has 2 rings (SSSR count). The highest BCUT2D eigenvalue weighted by Crippen LogP contribution is 2.37. The van der Waals surface area contributed by atoms with Crippen molar-refractivity contribution in [2.45, 2.75) is 6.92 Å². The maximum Gasteiger partial charge on any atom is 0.394 e. The van der Waals surface area contributed by atoms with Crippen molar-refractivity contribution in [3.05, 3.63) is 33.4 Å². The number of nitrogens with one attached hydrogen (secondary N) is 1. The minimum atomic E-state index is -1.67. The zero-order valence-electron chi connectivity index (χ0n) is 12.5. The second-order valence-electron chi connectivity index (χ2n) is 4.67. The molecule has 24 heavy (non-hydrogen) atoms. The molecule has 0 saturated carbocycles. The number of halogens is 2. The third kappa shape index (κ3) is 3.50. The third-order valence-corrected chi connectivity index (χ3v) is 3.61. The fourth-order valence-electron chi connectivity index (χ4n) is 1.89. The van der Waals surface area contributed by atoms with Gasteiger partial charge in [-0.25, -0.2) is 9.48 Å². The molecule has 0 bridgehead atoms. The van der Waals surface area contributed by atoms with E-state index in [0.29, 0.717) is 12.0 Å². The van der Waals surface area contributed by atoms with Crippen LogP contribution in [0.2, 0.25) is 10.0 Å². The highest BCUT2D eigenvalue weighted by Gasteiger charge is 2.19. The Morgan fingerprint density at radius 1 is 1.33 bits per heavy atom. The van der Waals surface area contributed by atoms with E-state index in [0.717, 1.165) is 0 Å². The summed E-state index contributed by atoms with van der Waals surface area (Å²) >= 11 is 12.0. The maximum absolute atomic E-state index is 11.3. The van der Waals surface area contributed by atoms with Gasteiger partial charge in [0.2, 0.25) is 5.88 Å². The van der Waals surface area contributed by atoms with Gasteiger partial charge in [-0.2, -0.15) is 5.10 Å². The van der Waals surface area contributed by atoms with E-state index >= 15 is 0 Å². The number of aliphatic carboxylic acids is 1. The number of aldehydes is 1. The summed E-state index contributed by atoms with van der Waals surface area (Å²) in [6.45, 7) is 1.64. The lowest BCUT2D eigenvalue weighted by Gasteiger charge is -2.12. The number of aryl methyl sites for hydroxylation is 2. The van der Waals surface area contributed by atoms with Crippen molar-refractivity contribution in [3.8, 4) is 11.6 Å². The lowest BCUT2D eigenvalue weighted by molar-refractivity contribution is -0.147. The van der Waals surface area contributed by atoms with Crippen molar-refractivity contribution < 1.29 is 24.2 Å². The van der Waals surface area contributed by atoms with Gasteiger partial charge in [0.15, 0.2) is 6.29 Å².